The van der Waals surface area contributed by atoms with Gasteiger partial charge in [0.2, 0.25) is 5.82 Å². The molecule has 0 unspecified atom stereocenters. The molecule has 1 aliphatic heterocycles. The minimum Gasteiger partial charge on any atom is -0.368 e. The molecule has 0 amide bonds. The highest BCUT2D eigenvalue weighted by Crippen LogP contribution is 2.43. The second kappa shape index (κ2) is 7.03. The number of aromatic nitrogens is 6. The fraction of sp³-hybridized carbons (Fsp3) is 0.421. The van der Waals surface area contributed by atoms with Crippen LogP contribution in [0.3, 0.4) is 0 Å². The summed E-state index contributed by atoms with van der Waals surface area (Å²) < 4.78 is 0. The Hall–Kier alpha value is -2.87. The highest BCUT2D eigenvalue weighted by molar-refractivity contribution is 5.75. The average molecular weight is 362 g/mol. The molecule has 1 saturated heterocycles. The van der Waals surface area contributed by atoms with E-state index in [4.69, 9.17) is 0 Å². The SMILES string of the molecule is c1cnnc(CN2CCN(c3cc(C4CC4)ccc3-c3nn[nH]n3)CC2)c1. The first-order valence-electron chi connectivity index (χ1n) is 9.48. The molecule has 2 aliphatic rings. The number of hydrogen-bond acceptors (Lipinski definition) is 7. The second-order valence-electron chi connectivity index (χ2n) is 7.26. The molecule has 3 heterocycles. The van der Waals surface area contributed by atoms with E-state index in [0.29, 0.717) is 5.82 Å². The van der Waals surface area contributed by atoms with Gasteiger partial charge in [0.1, 0.15) is 0 Å². The van der Waals surface area contributed by atoms with Crippen molar-refractivity contribution in [3.05, 3.63) is 47.8 Å². The van der Waals surface area contributed by atoms with Gasteiger partial charge < -0.3 is 4.90 Å². The summed E-state index contributed by atoms with van der Waals surface area (Å²) in [4.78, 5) is 4.88. The number of aromatic amines is 1. The van der Waals surface area contributed by atoms with Gasteiger partial charge in [0.25, 0.3) is 0 Å². The zero-order chi connectivity index (χ0) is 18.1. The van der Waals surface area contributed by atoms with Gasteiger partial charge in [-0.2, -0.15) is 15.4 Å². The number of rotatable bonds is 5. The van der Waals surface area contributed by atoms with Crippen LogP contribution < -0.4 is 4.90 Å². The number of anilines is 1. The van der Waals surface area contributed by atoms with Crippen LogP contribution in [0.2, 0.25) is 0 Å². The number of nitrogens with one attached hydrogen (secondary N) is 1. The molecule has 27 heavy (non-hydrogen) atoms. The number of nitrogens with zero attached hydrogens (tertiary/aromatic N) is 7. The van der Waals surface area contributed by atoms with Crippen molar-refractivity contribution in [3.63, 3.8) is 0 Å². The maximum Gasteiger partial charge on any atom is 0.206 e. The summed E-state index contributed by atoms with van der Waals surface area (Å²) in [6, 6.07) is 10.7. The maximum absolute atomic E-state index is 4.20. The zero-order valence-corrected chi connectivity index (χ0v) is 15.1. The molecule has 0 spiro atoms. The third kappa shape index (κ3) is 3.52. The molecule has 0 atom stereocenters. The van der Waals surface area contributed by atoms with Gasteiger partial charge in [0, 0.05) is 50.2 Å². The van der Waals surface area contributed by atoms with Gasteiger partial charge in [-0.1, -0.05) is 6.07 Å². The molecule has 1 aromatic carbocycles. The first-order chi connectivity index (χ1) is 13.4. The van der Waals surface area contributed by atoms with E-state index >= 15 is 0 Å². The fourth-order valence-electron chi connectivity index (χ4n) is 3.74. The summed E-state index contributed by atoms with van der Waals surface area (Å²) in [5, 5.41) is 22.9. The third-order valence-corrected chi connectivity index (χ3v) is 5.38. The van der Waals surface area contributed by atoms with Crippen molar-refractivity contribution in [1.82, 2.24) is 35.7 Å². The van der Waals surface area contributed by atoms with Gasteiger partial charge in [-0.3, -0.25) is 4.90 Å². The quantitative estimate of drug-likeness (QED) is 0.741. The standard InChI is InChI=1S/C19H22N8/c1-2-16(21-20-7-1)13-26-8-10-27(11-9-26)18-12-15(14-3-4-14)5-6-17(18)19-22-24-25-23-19/h1-2,5-7,12,14H,3-4,8-11,13H2,(H,22,23,24,25). The maximum atomic E-state index is 4.20. The number of benzene rings is 1. The van der Waals surface area contributed by atoms with E-state index in [1.807, 2.05) is 12.1 Å². The van der Waals surface area contributed by atoms with Gasteiger partial charge in [-0.25, -0.2) is 0 Å². The lowest BCUT2D eigenvalue weighted by Crippen LogP contribution is -2.46. The molecule has 1 N–H and O–H groups in total. The molecule has 0 bridgehead atoms. The molecule has 2 aromatic heterocycles. The molecule has 1 aliphatic carbocycles. The lowest BCUT2D eigenvalue weighted by Gasteiger charge is -2.36. The van der Waals surface area contributed by atoms with E-state index in [2.05, 4.69) is 58.8 Å². The topological polar surface area (TPSA) is 86.7 Å². The Kier molecular flexibility index (Phi) is 4.25. The molecular weight excluding hydrogens is 340 g/mol. The first kappa shape index (κ1) is 16.3. The first-order valence-corrected chi connectivity index (χ1v) is 9.48. The third-order valence-electron chi connectivity index (χ3n) is 5.38. The predicted molar refractivity (Wildman–Crippen MR) is 101 cm³/mol. The lowest BCUT2D eigenvalue weighted by molar-refractivity contribution is 0.246. The minimum absolute atomic E-state index is 0.661. The van der Waals surface area contributed by atoms with Gasteiger partial charge in [-0.15, -0.1) is 10.2 Å². The second-order valence-corrected chi connectivity index (χ2v) is 7.26. The number of H-pyrrole nitrogens is 1. The summed E-state index contributed by atoms with van der Waals surface area (Å²) >= 11 is 0. The van der Waals surface area contributed by atoms with Crippen LogP contribution in [0.1, 0.15) is 30.0 Å². The van der Waals surface area contributed by atoms with Crippen molar-refractivity contribution in [2.75, 3.05) is 31.1 Å². The molecule has 0 radical (unpaired) electrons. The van der Waals surface area contributed by atoms with E-state index in [1.54, 1.807) is 6.20 Å². The smallest absolute Gasteiger partial charge is 0.206 e. The molecular formula is C19H22N8. The van der Waals surface area contributed by atoms with Crippen LogP contribution in [0.5, 0.6) is 0 Å². The fourth-order valence-corrected chi connectivity index (χ4v) is 3.74. The Bertz CT molecular complexity index is 883. The number of piperazine rings is 1. The van der Waals surface area contributed by atoms with E-state index in [9.17, 15) is 0 Å². The number of tetrazole rings is 1. The van der Waals surface area contributed by atoms with Crippen molar-refractivity contribution in [2.24, 2.45) is 0 Å². The summed E-state index contributed by atoms with van der Waals surface area (Å²) in [5.41, 5.74) is 4.73. The van der Waals surface area contributed by atoms with Crippen molar-refractivity contribution in [2.45, 2.75) is 25.3 Å². The largest absolute Gasteiger partial charge is 0.368 e. The van der Waals surface area contributed by atoms with E-state index in [0.717, 1.165) is 49.9 Å². The van der Waals surface area contributed by atoms with E-state index in [-0.39, 0.29) is 0 Å². The van der Waals surface area contributed by atoms with Gasteiger partial charge in [-0.05, 0) is 53.8 Å². The van der Waals surface area contributed by atoms with E-state index < -0.39 is 0 Å². The van der Waals surface area contributed by atoms with Crippen LogP contribution in [0.4, 0.5) is 5.69 Å². The summed E-state index contributed by atoms with van der Waals surface area (Å²) in [6.45, 7) is 4.78. The van der Waals surface area contributed by atoms with Crippen molar-refractivity contribution in [1.29, 1.82) is 0 Å². The van der Waals surface area contributed by atoms with Crippen molar-refractivity contribution >= 4 is 5.69 Å². The lowest BCUT2D eigenvalue weighted by atomic mass is 10.0. The Balaban J connectivity index is 1.34. The van der Waals surface area contributed by atoms with Crippen LogP contribution in [-0.2, 0) is 6.54 Å². The van der Waals surface area contributed by atoms with Gasteiger partial charge in [0.05, 0.1) is 5.69 Å². The van der Waals surface area contributed by atoms with E-state index in [1.165, 1.54) is 24.1 Å². The highest BCUT2D eigenvalue weighted by Gasteiger charge is 2.27. The Morgan fingerprint density at radius 3 is 2.63 bits per heavy atom. The Labute approximate surface area is 157 Å². The molecule has 138 valence electrons. The van der Waals surface area contributed by atoms with Crippen LogP contribution in [-0.4, -0.2) is 61.9 Å². The zero-order valence-electron chi connectivity index (χ0n) is 15.1. The Morgan fingerprint density at radius 2 is 1.93 bits per heavy atom. The van der Waals surface area contributed by atoms with Crippen LogP contribution in [0.15, 0.2) is 36.5 Å². The van der Waals surface area contributed by atoms with Gasteiger partial charge >= 0.3 is 0 Å². The van der Waals surface area contributed by atoms with Crippen LogP contribution in [0, 0.1) is 0 Å². The summed E-state index contributed by atoms with van der Waals surface area (Å²) in [6.07, 6.45) is 4.31. The summed E-state index contributed by atoms with van der Waals surface area (Å²) in [7, 11) is 0. The van der Waals surface area contributed by atoms with Crippen LogP contribution >= 0.6 is 0 Å². The molecule has 5 rings (SSSR count). The van der Waals surface area contributed by atoms with Crippen LogP contribution in [0.25, 0.3) is 11.4 Å². The predicted octanol–water partition coefficient (Wildman–Crippen LogP) is 1.86. The number of hydrogen-bond donors (Lipinski definition) is 1. The molecule has 2 fully saturated rings. The monoisotopic (exact) mass is 362 g/mol. The summed E-state index contributed by atoms with van der Waals surface area (Å²) in [5.74, 6) is 1.38. The highest BCUT2D eigenvalue weighted by atomic mass is 15.5. The van der Waals surface area contributed by atoms with Gasteiger partial charge in [0.15, 0.2) is 0 Å². The molecule has 1 saturated carbocycles. The Morgan fingerprint density at radius 1 is 1.04 bits per heavy atom. The molecule has 8 nitrogen and oxygen atoms in total. The van der Waals surface area contributed by atoms with Crippen molar-refractivity contribution in [3.8, 4) is 11.4 Å². The molecule has 8 heteroatoms. The average Bonchev–Trinajstić information content (AvgIpc) is 3.43. The minimum atomic E-state index is 0.661. The van der Waals surface area contributed by atoms with Crippen molar-refractivity contribution < 1.29 is 0 Å². The normalized spacial score (nSPS) is 18.0. The molecule has 3 aromatic rings.